The van der Waals surface area contributed by atoms with Crippen molar-refractivity contribution in [3.05, 3.63) is 77.4 Å². The number of hydrogen-bond acceptors (Lipinski definition) is 2. The van der Waals surface area contributed by atoms with Crippen molar-refractivity contribution in [1.29, 1.82) is 0 Å². The summed E-state index contributed by atoms with van der Waals surface area (Å²) in [4.78, 5) is 15.1. The molecule has 1 atom stereocenters. The molecule has 1 heterocycles. The minimum absolute atomic E-state index is 0.0434. The van der Waals surface area contributed by atoms with Gasteiger partial charge in [-0.3, -0.25) is 4.79 Å². The second-order valence-corrected chi connectivity index (χ2v) is 9.96. The van der Waals surface area contributed by atoms with Crippen LogP contribution in [-0.4, -0.2) is 18.2 Å². The molecule has 0 aromatic heterocycles. The van der Waals surface area contributed by atoms with E-state index in [1.807, 2.05) is 4.90 Å². The first-order valence-electron chi connectivity index (χ1n) is 9.84. The van der Waals surface area contributed by atoms with E-state index in [4.69, 9.17) is 0 Å². The van der Waals surface area contributed by atoms with E-state index < -0.39 is 0 Å². The Morgan fingerprint density at radius 1 is 1.00 bits per heavy atom. The highest BCUT2D eigenvalue weighted by Crippen LogP contribution is 2.46. The Kier molecular flexibility index (Phi) is 4.96. The molecule has 1 amide bonds. The zero-order valence-corrected chi connectivity index (χ0v) is 17.8. The summed E-state index contributed by atoms with van der Waals surface area (Å²) in [6.45, 7) is 9.42. The number of carbonyl (C=O) groups excluding carboxylic acids is 1. The van der Waals surface area contributed by atoms with Crippen LogP contribution >= 0.6 is 11.8 Å². The molecule has 2 nitrogen and oxygen atoms in total. The van der Waals surface area contributed by atoms with Crippen molar-refractivity contribution >= 4 is 34.1 Å². The Labute approximate surface area is 171 Å². The first-order valence-corrected chi connectivity index (χ1v) is 10.9. The highest BCUT2D eigenvalue weighted by Gasteiger charge is 2.32. The van der Waals surface area contributed by atoms with Crippen molar-refractivity contribution in [2.75, 3.05) is 17.2 Å². The molecule has 0 fully saturated rings. The third-order valence-corrected chi connectivity index (χ3v) is 6.42. The number of anilines is 1. The molecule has 0 bridgehead atoms. The maximum Gasteiger partial charge on any atom is 0.237 e. The van der Waals surface area contributed by atoms with Gasteiger partial charge in [0.25, 0.3) is 0 Å². The van der Waals surface area contributed by atoms with Crippen LogP contribution in [-0.2, 0) is 4.79 Å². The number of fused-ring (bicyclic) bond motifs is 2. The summed E-state index contributed by atoms with van der Waals surface area (Å²) in [6, 6.07) is 21.6. The Hall–Kier alpha value is -2.26. The van der Waals surface area contributed by atoms with Gasteiger partial charge >= 0.3 is 0 Å². The Morgan fingerprint density at radius 2 is 1.75 bits per heavy atom. The van der Waals surface area contributed by atoms with Gasteiger partial charge in [0.05, 0.1) is 11.0 Å². The summed E-state index contributed by atoms with van der Waals surface area (Å²) in [5.41, 5.74) is 4.88. The molecule has 1 unspecified atom stereocenters. The molecule has 0 radical (unpaired) electrons. The van der Waals surface area contributed by atoms with E-state index in [0.717, 1.165) is 12.2 Å². The first-order chi connectivity index (χ1) is 13.3. The predicted octanol–water partition coefficient (Wildman–Crippen LogP) is 6.36. The Morgan fingerprint density at radius 3 is 2.54 bits per heavy atom. The minimum atomic E-state index is 0.0434. The number of nitrogens with zero attached hydrogens (tertiary/aromatic N) is 1. The molecule has 0 N–H and O–H groups in total. The molecular weight excluding hydrogens is 362 g/mol. The number of carbonyl (C=O) groups is 1. The normalized spacial score (nSPS) is 17.5. The monoisotopic (exact) mass is 389 g/mol. The van der Waals surface area contributed by atoms with Crippen molar-refractivity contribution in [1.82, 2.24) is 0 Å². The van der Waals surface area contributed by atoms with Gasteiger partial charge in [0.15, 0.2) is 0 Å². The van der Waals surface area contributed by atoms with Crippen LogP contribution in [0.15, 0.2) is 60.7 Å². The Bertz CT molecular complexity index is 1030. The van der Waals surface area contributed by atoms with Crippen molar-refractivity contribution in [2.24, 2.45) is 5.41 Å². The van der Waals surface area contributed by atoms with Crippen molar-refractivity contribution in [3.63, 3.8) is 0 Å². The van der Waals surface area contributed by atoms with E-state index in [-0.39, 0.29) is 16.6 Å². The average Bonchev–Trinajstić information content (AvgIpc) is 2.77. The molecule has 0 saturated carbocycles. The Balaban J connectivity index is 1.90. The molecule has 3 aromatic rings. The highest BCUT2D eigenvalue weighted by atomic mass is 32.2. The van der Waals surface area contributed by atoms with Gasteiger partial charge in [0.2, 0.25) is 5.91 Å². The SMILES string of the molecule is Cc1ccc2c(c1)C(c1cccc3ccccc13)SCC(=O)N2CC(C)(C)C. The molecule has 1 aliphatic heterocycles. The molecule has 3 aromatic carbocycles. The molecule has 1 aliphatic rings. The van der Waals surface area contributed by atoms with Crippen molar-refractivity contribution in [2.45, 2.75) is 32.9 Å². The zero-order valence-electron chi connectivity index (χ0n) is 17.0. The van der Waals surface area contributed by atoms with Crippen molar-refractivity contribution < 1.29 is 4.79 Å². The van der Waals surface area contributed by atoms with Crippen LogP contribution in [0.25, 0.3) is 10.8 Å². The van der Waals surface area contributed by atoms with Gasteiger partial charge < -0.3 is 4.90 Å². The smallest absolute Gasteiger partial charge is 0.237 e. The summed E-state index contributed by atoms with van der Waals surface area (Å²) < 4.78 is 0. The first kappa shape index (κ1) is 19.1. The topological polar surface area (TPSA) is 20.3 Å². The fraction of sp³-hybridized carbons (Fsp3) is 0.320. The summed E-state index contributed by atoms with van der Waals surface area (Å²) in [5, 5.41) is 2.67. The lowest BCUT2D eigenvalue weighted by molar-refractivity contribution is -0.116. The molecule has 0 saturated heterocycles. The van der Waals surface area contributed by atoms with Crippen LogP contribution in [0.3, 0.4) is 0 Å². The van der Waals surface area contributed by atoms with Gasteiger partial charge in [0, 0.05) is 12.2 Å². The van der Waals surface area contributed by atoms with Gasteiger partial charge in [-0.25, -0.2) is 0 Å². The fourth-order valence-corrected chi connectivity index (χ4v) is 5.19. The zero-order chi connectivity index (χ0) is 19.9. The molecule has 0 aliphatic carbocycles. The van der Waals surface area contributed by atoms with Crippen LogP contribution in [0.2, 0.25) is 0 Å². The van der Waals surface area contributed by atoms with Gasteiger partial charge in [-0.15, -0.1) is 11.8 Å². The van der Waals surface area contributed by atoms with E-state index in [1.165, 1.54) is 27.5 Å². The quantitative estimate of drug-likeness (QED) is 0.508. The third-order valence-electron chi connectivity index (χ3n) is 5.17. The fourth-order valence-electron chi connectivity index (χ4n) is 3.97. The lowest BCUT2D eigenvalue weighted by Gasteiger charge is -2.30. The lowest BCUT2D eigenvalue weighted by atomic mass is 9.93. The molecule has 3 heteroatoms. The molecule has 4 rings (SSSR count). The van der Waals surface area contributed by atoms with Crippen LogP contribution in [0, 0.1) is 12.3 Å². The summed E-state index contributed by atoms with van der Waals surface area (Å²) in [5.74, 6) is 0.699. The van der Waals surface area contributed by atoms with Crippen LogP contribution in [0.5, 0.6) is 0 Å². The largest absolute Gasteiger partial charge is 0.311 e. The van der Waals surface area contributed by atoms with Gasteiger partial charge in [-0.05, 0) is 40.3 Å². The van der Waals surface area contributed by atoms with Crippen molar-refractivity contribution in [3.8, 4) is 0 Å². The second-order valence-electron chi connectivity index (χ2n) is 8.86. The summed E-state index contributed by atoms with van der Waals surface area (Å²) >= 11 is 1.75. The molecule has 28 heavy (non-hydrogen) atoms. The third kappa shape index (κ3) is 3.68. The summed E-state index contributed by atoms with van der Waals surface area (Å²) in [7, 11) is 0. The van der Waals surface area contributed by atoms with E-state index >= 15 is 0 Å². The maximum atomic E-state index is 13.1. The van der Waals surface area contributed by atoms with Crippen LogP contribution in [0.1, 0.15) is 42.7 Å². The van der Waals surface area contributed by atoms with Crippen LogP contribution in [0.4, 0.5) is 5.69 Å². The number of aryl methyl sites for hydroxylation is 1. The molecule has 0 spiro atoms. The molecule has 144 valence electrons. The number of benzene rings is 3. The van der Waals surface area contributed by atoms with Gasteiger partial charge in [-0.2, -0.15) is 0 Å². The minimum Gasteiger partial charge on any atom is -0.311 e. The van der Waals surface area contributed by atoms with E-state index in [1.54, 1.807) is 11.8 Å². The van der Waals surface area contributed by atoms with Gasteiger partial charge in [-0.1, -0.05) is 80.9 Å². The van der Waals surface area contributed by atoms with Gasteiger partial charge in [0.1, 0.15) is 0 Å². The number of amides is 1. The number of rotatable bonds is 2. The molecular formula is C25H27NOS. The lowest BCUT2D eigenvalue weighted by Crippen LogP contribution is -2.38. The summed E-state index contributed by atoms with van der Waals surface area (Å²) in [6.07, 6.45) is 0. The number of hydrogen-bond donors (Lipinski definition) is 0. The van der Waals surface area contributed by atoms with E-state index in [9.17, 15) is 4.79 Å². The van der Waals surface area contributed by atoms with Crippen LogP contribution < -0.4 is 4.90 Å². The van der Waals surface area contributed by atoms with E-state index in [0.29, 0.717) is 5.75 Å². The standard InChI is InChI=1S/C25H27NOS/c1-17-12-13-22-21(14-17)24(28-15-23(27)26(22)16-25(2,3)4)20-11-7-9-18-8-5-6-10-19(18)20/h5-14,24H,15-16H2,1-4H3. The van der Waals surface area contributed by atoms with E-state index in [2.05, 4.69) is 88.4 Å². The second kappa shape index (κ2) is 7.29. The average molecular weight is 390 g/mol. The maximum absolute atomic E-state index is 13.1. The number of thioether (sulfide) groups is 1. The predicted molar refractivity (Wildman–Crippen MR) is 121 cm³/mol. The highest BCUT2D eigenvalue weighted by molar-refractivity contribution is 8.00.